The summed E-state index contributed by atoms with van der Waals surface area (Å²) in [7, 11) is 0. The fourth-order valence-electron chi connectivity index (χ4n) is 1.10. The highest BCUT2D eigenvalue weighted by molar-refractivity contribution is 4.75. The van der Waals surface area contributed by atoms with Crippen molar-refractivity contribution in [2.45, 2.75) is 52.4 Å². The Bertz CT molecular complexity index is 178. The molecule has 16 heavy (non-hydrogen) atoms. The summed E-state index contributed by atoms with van der Waals surface area (Å²) in [6.45, 7) is 8.85. The van der Waals surface area contributed by atoms with Crippen molar-refractivity contribution in [3.05, 3.63) is 0 Å². The molecule has 0 aromatic carbocycles. The molecule has 0 aliphatic rings. The Morgan fingerprint density at radius 1 is 1.12 bits per heavy atom. The van der Waals surface area contributed by atoms with E-state index in [1.165, 1.54) is 0 Å². The molecule has 0 spiro atoms. The van der Waals surface area contributed by atoms with Gasteiger partial charge >= 0.3 is 6.18 Å². The molecular weight excluding hydrogens is 219 g/mol. The van der Waals surface area contributed by atoms with Gasteiger partial charge in [0.1, 0.15) is 6.61 Å². The highest BCUT2D eigenvalue weighted by Gasteiger charge is 2.30. The van der Waals surface area contributed by atoms with Crippen molar-refractivity contribution in [2.24, 2.45) is 5.92 Å². The molecule has 0 saturated heterocycles. The van der Waals surface area contributed by atoms with E-state index in [1.807, 2.05) is 34.6 Å². The lowest BCUT2D eigenvalue weighted by Crippen LogP contribution is -2.44. The van der Waals surface area contributed by atoms with Crippen LogP contribution in [0.4, 0.5) is 13.2 Å². The number of hydrogen-bond donors (Lipinski definition) is 1. The minimum absolute atomic E-state index is 0.0530. The molecule has 1 unspecified atom stereocenters. The van der Waals surface area contributed by atoms with Gasteiger partial charge in [0.2, 0.25) is 0 Å². The summed E-state index contributed by atoms with van der Waals surface area (Å²) in [5, 5.41) is 3.15. The first-order chi connectivity index (χ1) is 7.01. The average Bonchev–Trinajstić information content (AvgIpc) is 1.98. The minimum atomic E-state index is -4.26. The van der Waals surface area contributed by atoms with Gasteiger partial charge in [-0.3, -0.25) is 0 Å². The maximum atomic E-state index is 12.0. The van der Waals surface area contributed by atoms with Crippen LogP contribution in [0.2, 0.25) is 0 Å². The van der Waals surface area contributed by atoms with E-state index in [1.54, 1.807) is 0 Å². The summed E-state index contributed by atoms with van der Waals surface area (Å²) in [4.78, 5) is 0. The zero-order valence-electron chi connectivity index (χ0n) is 10.6. The summed E-state index contributed by atoms with van der Waals surface area (Å²) in [6, 6.07) is 0. The molecule has 0 heterocycles. The van der Waals surface area contributed by atoms with E-state index in [4.69, 9.17) is 4.74 Å². The number of halogens is 3. The molecule has 5 heteroatoms. The highest BCUT2D eigenvalue weighted by atomic mass is 19.4. The molecule has 0 radical (unpaired) electrons. The van der Waals surface area contributed by atoms with E-state index in [2.05, 4.69) is 5.32 Å². The van der Waals surface area contributed by atoms with Crippen LogP contribution in [0.15, 0.2) is 0 Å². The molecule has 1 atom stereocenters. The lowest BCUT2D eigenvalue weighted by atomic mass is 10.0. The molecule has 0 saturated carbocycles. The topological polar surface area (TPSA) is 21.3 Å². The molecule has 0 aliphatic carbocycles. The normalized spacial score (nSPS) is 15.6. The smallest absolute Gasteiger partial charge is 0.367 e. The zero-order valence-corrected chi connectivity index (χ0v) is 10.6. The molecular formula is C11H22F3NO. The second-order valence-corrected chi connectivity index (χ2v) is 5.34. The predicted molar refractivity (Wildman–Crippen MR) is 58.4 cm³/mol. The van der Waals surface area contributed by atoms with Crippen LogP contribution >= 0.6 is 0 Å². The van der Waals surface area contributed by atoms with Crippen molar-refractivity contribution in [3.8, 4) is 0 Å². The quantitative estimate of drug-likeness (QED) is 0.799. The fraction of sp³-hybridized carbons (Fsp3) is 1.00. The van der Waals surface area contributed by atoms with Crippen LogP contribution in [0, 0.1) is 5.92 Å². The molecule has 0 aromatic heterocycles. The molecule has 2 nitrogen and oxygen atoms in total. The van der Waals surface area contributed by atoms with Crippen LogP contribution in [-0.4, -0.2) is 31.0 Å². The summed E-state index contributed by atoms with van der Waals surface area (Å²) in [5.74, 6) is 0.0530. The van der Waals surface area contributed by atoms with Crippen molar-refractivity contribution in [1.82, 2.24) is 5.32 Å². The van der Waals surface area contributed by atoms with Gasteiger partial charge in [-0.05, 0) is 26.7 Å². The number of alkyl halides is 3. The van der Waals surface area contributed by atoms with E-state index in [9.17, 15) is 13.2 Å². The van der Waals surface area contributed by atoms with Gasteiger partial charge in [0.05, 0.1) is 6.10 Å². The maximum Gasteiger partial charge on any atom is 0.411 e. The van der Waals surface area contributed by atoms with Crippen LogP contribution < -0.4 is 5.32 Å². The first-order valence-corrected chi connectivity index (χ1v) is 5.44. The predicted octanol–water partition coefficient (Wildman–Crippen LogP) is 2.98. The third kappa shape index (κ3) is 8.97. The standard InChI is InChI=1S/C11H22F3NO/c1-8(2)9(6-15-10(3,4)5)16-7-11(12,13)14/h8-9,15H,6-7H2,1-5H3. The largest absolute Gasteiger partial charge is 0.411 e. The molecule has 0 aromatic rings. The van der Waals surface area contributed by atoms with Crippen molar-refractivity contribution < 1.29 is 17.9 Å². The Balaban J connectivity index is 4.09. The van der Waals surface area contributed by atoms with Gasteiger partial charge < -0.3 is 10.1 Å². The Morgan fingerprint density at radius 3 is 1.94 bits per heavy atom. The second-order valence-electron chi connectivity index (χ2n) is 5.34. The van der Waals surface area contributed by atoms with Gasteiger partial charge in [0.25, 0.3) is 0 Å². The molecule has 98 valence electrons. The van der Waals surface area contributed by atoms with Gasteiger partial charge in [-0.1, -0.05) is 13.8 Å². The Kier molecular flexibility index (Phi) is 5.76. The van der Waals surface area contributed by atoms with Gasteiger partial charge in [0.15, 0.2) is 0 Å². The second kappa shape index (κ2) is 5.87. The Labute approximate surface area is 95.5 Å². The lowest BCUT2D eigenvalue weighted by Gasteiger charge is -2.28. The molecule has 0 amide bonds. The maximum absolute atomic E-state index is 12.0. The third-order valence-electron chi connectivity index (χ3n) is 2.04. The molecule has 0 fully saturated rings. The summed E-state index contributed by atoms with van der Waals surface area (Å²) in [6.07, 6.45) is -4.67. The van der Waals surface area contributed by atoms with Crippen LogP contribution in [0.25, 0.3) is 0 Å². The van der Waals surface area contributed by atoms with Gasteiger partial charge in [0, 0.05) is 12.1 Å². The zero-order chi connectivity index (χ0) is 13.0. The van der Waals surface area contributed by atoms with Gasteiger partial charge in [-0.25, -0.2) is 0 Å². The molecule has 0 aliphatic heterocycles. The SMILES string of the molecule is CC(C)C(CNC(C)(C)C)OCC(F)(F)F. The average molecular weight is 241 g/mol. The first kappa shape index (κ1) is 15.7. The minimum Gasteiger partial charge on any atom is -0.367 e. The van der Waals surface area contributed by atoms with E-state index in [-0.39, 0.29) is 11.5 Å². The molecule has 1 N–H and O–H groups in total. The Morgan fingerprint density at radius 2 is 1.62 bits per heavy atom. The van der Waals surface area contributed by atoms with E-state index < -0.39 is 18.9 Å². The molecule has 0 bridgehead atoms. The summed E-state index contributed by atoms with van der Waals surface area (Å²) >= 11 is 0. The number of ether oxygens (including phenoxy) is 1. The Hall–Kier alpha value is -0.290. The lowest BCUT2D eigenvalue weighted by molar-refractivity contribution is -0.189. The van der Waals surface area contributed by atoms with E-state index in [0.29, 0.717) is 6.54 Å². The fourth-order valence-corrected chi connectivity index (χ4v) is 1.10. The first-order valence-electron chi connectivity index (χ1n) is 5.44. The van der Waals surface area contributed by atoms with Gasteiger partial charge in [-0.2, -0.15) is 13.2 Å². The van der Waals surface area contributed by atoms with Crippen molar-refractivity contribution >= 4 is 0 Å². The summed E-state index contributed by atoms with van der Waals surface area (Å²) in [5.41, 5.74) is -0.116. The van der Waals surface area contributed by atoms with Crippen LogP contribution in [0.3, 0.4) is 0 Å². The molecule has 0 rings (SSSR count). The third-order valence-corrected chi connectivity index (χ3v) is 2.04. The monoisotopic (exact) mass is 241 g/mol. The number of hydrogen-bond acceptors (Lipinski definition) is 2. The van der Waals surface area contributed by atoms with Crippen LogP contribution in [-0.2, 0) is 4.74 Å². The number of rotatable bonds is 5. The van der Waals surface area contributed by atoms with Crippen LogP contribution in [0.1, 0.15) is 34.6 Å². The summed E-state index contributed by atoms with van der Waals surface area (Å²) < 4.78 is 40.9. The van der Waals surface area contributed by atoms with E-state index >= 15 is 0 Å². The highest BCUT2D eigenvalue weighted by Crippen LogP contribution is 2.17. The number of nitrogens with one attached hydrogen (secondary N) is 1. The van der Waals surface area contributed by atoms with Crippen molar-refractivity contribution in [1.29, 1.82) is 0 Å². The van der Waals surface area contributed by atoms with Crippen molar-refractivity contribution in [3.63, 3.8) is 0 Å². The van der Waals surface area contributed by atoms with Crippen molar-refractivity contribution in [2.75, 3.05) is 13.2 Å². The van der Waals surface area contributed by atoms with Crippen LogP contribution in [0.5, 0.6) is 0 Å². The van der Waals surface area contributed by atoms with E-state index in [0.717, 1.165) is 0 Å². The van der Waals surface area contributed by atoms with Gasteiger partial charge in [-0.15, -0.1) is 0 Å².